The SMILES string of the molecule is O=Cc1ccc(N2CCN(c3cccc(Cl)c3)CC2)o1. The summed E-state index contributed by atoms with van der Waals surface area (Å²) in [6.45, 7) is 3.52. The Morgan fingerprint density at radius 3 is 2.45 bits per heavy atom. The van der Waals surface area contributed by atoms with Crippen molar-refractivity contribution >= 4 is 29.5 Å². The molecule has 20 heavy (non-hydrogen) atoms. The normalized spacial score (nSPS) is 15.4. The summed E-state index contributed by atoms with van der Waals surface area (Å²) < 4.78 is 5.45. The van der Waals surface area contributed by atoms with Gasteiger partial charge in [-0.15, -0.1) is 0 Å². The van der Waals surface area contributed by atoms with Gasteiger partial charge in [-0.25, -0.2) is 0 Å². The molecule has 4 nitrogen and oxygen atoms in total. The van der Waals surface area contributed by atoms with Crippen molar-refractivity contribution in [3.05, 3.63) is 47.2 Å². The zero-order chi connectivity index (χ0) is 13.9. The van der Waals surface area contributed by atoms with Crippen LogP contribution in [0.3, 0.4) is 0 Å². The number of aldehydes is 1. The van der Waals surface area contributed by atoms with Crippen LogP contribution in [0.4, 0.5) is 11.6 Å². The van der Waals surface area contributed by atoms with Gasteiger partial charge in [-0.1, -0.05) is 17.7 Å². The van der Waals surface area contributed by atoms with Crippen molar-refractivity contribution in [1.82, 2.24) is 0 Å². The summed E-state index contributed by atoms with van der Waals surface area (Å²) in [7, 11) is 0. The van der Waals surface area contributed by atoms with Crippen LogP contribution in [0.15, 0.2) is 40.8 Å². The molecule has 5 heteroatoms. The number of benzene rings is 1. The predicted octanol–water partition coefficient (Wildman–Crippen LogP) is 3.07. The number of nitrogens with zero attached hydrogens (tertiary/aromatic N) is 2. The molecule has 1 aliphatic rings. The van der Waals surface area contributed by atoms with E-state index < -0.39 is 0 Å². The number of carbonyl (C=O) groups excluding carboxylic acids is 1. The molecule has 0 N–H and O–H groups in total. The number of piperazine rings is 1. The molecule has 0 unspecified atom stereocenters. The number of furan rings is 1. The van der Waals surface area contributed by atoms with Gasteiger partial charge >= 0.3 is 0 Å². The quantitative estimate of drug-likeness (QED) is 0.814. The van der Waals surface area contributed by atoms with Crippen molar-refractivity contribution < 1.29 is 9.21 Å². The van der Waals surface area contributed by atoms with Gasteiger partial charge in [0.2, 0.25) is 0 Å². The summed E-state index contributed by atoms with van der Waals surface area (Å²) in [5, 5.41) is 0.756. The minimum atomic E-state index is 0.372. The summed E-state index contributed by atoms with van der Waals surface area (Å²) in [4.78, 5) is 15.1. The molecule has 1 aromatic carbocycles. The number of hydrogen-bond donors (Lipinski definition) is 0. The third-order valence-corrected chi connectivity index (χ3v) is 3.73. The standard InChI is InChI=1S/C15H15ClN2O2/c16-12-2-1-3-13(10-12)17-6-8-18(9-7-17)15-5-4-14(11-19)20-15/h1-5,10-11H,6-9H2. The first-order chi connectivity index (χ1) is 9.76. The number of halogens is 1. The van der Waals surface area contributed by atoms with Crippen LogP contribution < -0.4 is 9.80 Å². The monoisotopic (exact) mass is 290 g/mol. The molecule has 0 spiro atoms. The highest BCUT2D eigenvalue weighted by molar-refractivity contribution is 6.30. The molecule has 0 bridgehead atoms. The number of anilines is 2. The summed E-state index contributed by atoms with van der Waals surface area (Å²) in [5.74, 6) is 1.13. The van der Waals surface area contributed by atoms with E-state index in [1.54, 1.807) is 6.07 Å². The smallest absolute Gasteiger partial charge is 0.196 e. The van der Waals surface area contributed by atoms with Crippen molar-refractivity contribution in [1.29, 1.82) is 0 Å². The number of carbonyl (C=O) groups is 1. The molecule has 2 aromatic rings. The zero-order valence-electron chi connectivity index (χ0n) is 11.0. The fourth-order valence-corrected chi connectivity index (χ4v) is 2.62. The Hall–Kier alpha value is -1.94. The van der Waals surface area contributed by atoms with E-state index in [2.05, 4.69) is 15.9 Å². The van der Waals surface area contributed by atoms with Gasteiger partial charge in [0.1, 0.15) is 0 Å². The predicted molar refractivity (Wildman–Crippen MR) is 80.0 cm³/mol. The molecule has 0 amide bonds. The Kier molecular flexibility index (Phi) is 3.65. The highest BCUT2D eigenvalue weighted by Crippen LogP contribution is 2.23. The van der Waals surface area contributed by atoms with E-state index in [1.807, 2.05) is 24.3 Å². The second-order valence-electron chi connectivity index (χ2n) is 4.75. The Morgan fingerprint density at radius 2 is 1.80 bits per heavy atom. The van der Waals surface area contributed by atoms with E-state index in [4.69, 9.17) is 16.0 Å². The third-order valence-electron chi connectivity index (χ3n) is 3.49. The van der Waals surface area contributed by atoms with E-state index in [0.29, 0.717) is 5.76 Å². The van der Waals surface area contributed by atoms with Crippen LogP contribution in [0.25, 0.3) is 0 Å². The van der Waals surface area contributed by atoms with Gasteiger partial charge < -0.3 is 14.2 Å². The molecule has 2 heterocycles. The average molecular weight is 291 g/mol. The molecular formula is C15H15ClN2O2. The number of rotatable bonds is 3. The van der Waals surface area contributed by atoms with E-state index >= 15 is 0 Å². The maximum absolute atomic E-state index is 10.6. The topological polar surface area (TPSA) is 36.7 Å². The van der Waals surface area contributed by atoms with Crippen LogP contribution in [0, 0.1) is 0 Å². The van der Waals surface area contributed by atoms with Crippen molar-refractivity contribution in [2.75, 3.05) is 36.0 Å². The Labute approximate surface area is 122 Å². The molecule has 1 aliphatic heterocycles. The first-order valence-electron chi connectivity index (χ1n) is 6.57. The van der Waals surface area contributed by atoms with Gasteiger partial charge in [0.25, 0.3) is 0 Å². The van der Waals surface area contributed by atoms with Gasteiger partial charge in [-0.2, -0.15) is 0 Å². The lowest BCUT2D eigenvalue weighted by Gasteiger charge is -2.36. The molecule has 0 radical (unpaired) electrons. The lowest BCUT2D eigenvalue weighted by molar-refractivity contribution is 0.110. The molecular weight excluding hydrogens is 276 g/mol. The highest BCUT2D eigenvalue weighted by atomic mass is 35.5. The minimum absolute atomic E-state index is 0.372. The van der Waals surface area contributed by atoms with Gasteiger partial charge in [0, 0.05) is 43.0 Å². The van der Waals surface area contributed by atoms with Crippen LogP contribution in [0.2, 0.25) is 5.02 Å². The fraction of sp³-hybridized carbons (Fsp3) is 0.267. The van der Waals surface area contributed by atoms with Crippen molar-refractivity contribution in [2.24, 2.45) is 0 Å². The molecule has 1 saturated heterocycles. The van der Waals surface area contributed by atoms with Gasteiger partial charge in [0.15, 0.2) is 17.9 Å². The van der Waals surface area contributed by atoms with Gasteiger partial charge in [0.05, 0.1) is 0 Å². The number of hydrogen-bond acceptors (Lipinski definition) is 4. The highest BCUT2D eigenvalue weighted by Gasteiger charge is 2.19. The van der Waals surface area contributed by atoms with Gasteiger partial charge in [-0.05, 0) is 24.3 Å². The van der Waals surface area contributed by atoms with E-state index in [9.17, 15) is 4.79 Å². The molecule has 0 aliphatic carbocycles. The Morgan fingerprint density at radius 1 is 1.05 bits per heavy atom. The molecule has 0 saturated carbocycles. The lowest BCUT2D eigenvalue weighted by Crippen LogP contribution is -2.46. The van der Waals surface area contributed by atoms with Gasteiger partial charge in [-0.3, -0.25) is 4.79 Å². The van der Waals surface area contributed by atoms with E-state index in [1.165, 1.54) is 0 Å². The van der Waals surface area contributed by atoms with E-state index in [-0.39, 0.29) is 0 Å². The molecule has 104 valence electrons. The molecule has 0 atom stereocenters. The summed E-state index contributed by atoms with van der Waals surface area (Å²) in [6, 6.07) is 11.4. The van der Waals surface area contributed by atoms with Crippen LogP contribution in [-0.4, -0.2) is 32.5 Å². The minimum Gasteiger partial charge on any atom is -0.438 e. The largest absolute Gasteiger partial charge is 0.438 e. The van der Waals surface area contributed by atoms with Crippen LogP contribution in [0.5, 0.6) is 0 Å². The van der Waals surface area contributed by atoms with Crippen LogP contribution >= 0.6 is 11.6 Å². The first kappa shape index (κ1) is 13.1. The molecule has 1 aromatic heterocycles. The fourth-order valence-electron chi connectivity index (χ4n) is 2.43. The third kappa shape index (κ3) is 2.65. The van der Waals surface area contributed by atoms with Crippen molar-refractivity contribution in [3.63, 3.8) is 0 Å². The van der Waals surface area contributed by atoms with Crippen molar-refractivity contribution in [3.8, 4) is 0 Å². The van der Waals surface area contributed by atoms with Crippen LogP contribution in [0.1, 0.15) is 10.6 Å². The second-order valence-corrected chi connectivity index (χ2v) is 5.18. The Bertz CT molecular complexity index is 603. The Balaban J connectivity index is 1.66. The molecule has 3 rings (SSSR count). The van der Waals surface area contributed by atoms with Crippen molar-refractivity contribution in [2.45, 2.75) is 0 Å². The maximum atomic E-state index is 10.6. The van der Waals surface area contributed by atoms with E-state index in [0.717, 1.165) is 49.1 Å². The maximum Gasteiger partial charge on any atom is 0.196 e. The summed E-state index contributed by atoms with van der Waals surface area (Å²) in [6.07, 6.45) is 0.728. The zero-order valence-corrected chi connectivity index (χ0v) is 11.7. The first-order valence-corrected chi connectivity index (χ1v) is 6.94. The average Bonchev–Trinajstić information content (AvgIpc) is 2.96. The van der Waals surface area contributed by atoms with Crippen LogP contribution in [-0.2, 0) is 0 Å². The lowest BCUT2D eigenvalue weighted by atomic mass is 10.2. The summed E-state index contributed by atoms with van der Waals surface area (Å²) >= 11 is 6.02. The molecule has 1 fully saturated rings. The second kappa shape index (κ2) is 5.59. The summed E-state index contributed by atoms with van der Waals surface area (Å²) in [5.41, 5.74) is 1.14.